The van der Waals surface area contributed by atoms with Crippen LogP contribution in [0.1, 0.15) is 15.9 Å². The predicted molar refractivity (Wildman–Crippen MR) is 77.2 cm³/mol. The van der Waals surface area contributed by atoms with Gasteiger partial charge in [0.2, 0.25) is 0 Å². The van der Waals surface area contributed by atoms with Gasteiger partial charge in [0.05, 0.1) is 17.6 Å². The lowest BCUT2D eigenvalue weighted by molar-refractivity contribution is -0.384. The Bertz CT molecular complexity index is 701. The molecule has 2 aromatic carbocycles. The number of hydrogen-bond donors (Lipinski definition) is 1. The van der Waals surface area contributed by atoms with Crippen LogP contribution in [0.3, 0.4) is 0 Å². The first-order valence-corrected chi connectivity index (χ1v) is 6.36. The molecule has 0 atom stereocenters. The fourth-order valence-corrected chi connectivity index (χ4v) is 1.87. The van der Waals surface area contributed by atoms with E-state index >= 15 is 0 Å². The number of nitrogens with one attached hydrogen (secondary N) is 1. The molecule has 0 aliphatic carbocycles. The van der Waals surface area contributed by atoms with Crippen molar-refractivity contribution < 1.29 is 18.8 Å². The molecule has 22 heavy (non-hydrogen) atoms. The second kappa shape index (κ2) is 6.66. The standard InChI is InChI=1S/C15H13FN2O4/c1-22-14-7-4-11(16)8-13(14)15(19)17-9-10-2-5-12(6-3-10)18(20)21/h2-8H,9H2,1H3,(H,17,19). The fourth-order valence-electron chi connectivity index (χ4n) is 1.87. The average molecular weight is 304 g/mol. The summed E-state index contributed by atoms with van der Waals surface area (Å²) >= 11 is 0. The summed E-state index contributed by atoms with van der Waals surface area (Å²) in [7, 11) is 1.39. The summed E-state index contributed by atoms with van der Waals surface area (Å²) in [4.78, 5) is 22.1. The van der Waals surface area contributed by atoms with Crippen LogP contribution >= 0.6 is 0 Å². The SMILES string of the molecule is COc1ccc(F)cc1C(=O)NCc1ccc([N+](=O)[O-])cc1. The molecule has 0 heterocycles. The molecule has 0 spiro atoms. The van der Waals surface area contributed by atoms with Crippen LogP contribution in [0.25, 0.3) is 0 Å². The Balaban J connectivity index is 2.06. The first-order chi connectivity index (χ1) is 10.5. The Labute approximate surface area is 125 Å². The van der Waals surface area contributed by atoms with Crippen LogP contribution in [0.5, 0.6) is 5.75 Å². The predicted octanol–water partition coefficient (Wildman–Crippen LogP) is 2.67. The van der Waals surface area contributed by atoms with Crippen molar-refractivity contribution in [3.8, 4) is 5.75 Å². The number of carbonyl (C=O) groups is 1. The molecule has 2 rings (SSSR count). The summed E-state index contributed by atoms with van der Waals surface area (Å²) in [5, 5.41) is 13.2. The number of rotatable bonds is 5. The van der Waals surface area contributed by atoms with Gasteiger partial charge in [-0.2, -0.15) is 0 Å². The van der Waals surface area contributed by atoms with Crippen molar-refractivity contribution in [3.63, 3.8) is 0 Å². The number of ether oxygens (including phenoxy) is 1. The van der Waals surface area contributed by atoms with E-state index in [9.17, 15) is 19.3 Å². The normalized spacial score (nSPS) is 10.1. The number of nitro benzene ring substituents is 1. The number of nitrogens with zero attached hydrogens (tertiary/aromatic N) is 1. The number of hydrogen-bond acceptors (Lipinski definition) is 4. The molecule has 0 aromatic heterocycles. The zero-order valence-corrected chi connectivity index (χ0v) is 11.7. The third-order valence-corrected chi connectivity index (χ3v) is 3.01. The molecule has 0 unspecified atom stereocenters. The lowest BCUT2D eigenvalue weighted by Crippen LogP contribution is -2.23. The van der Waals surface area contributed by atoms with Gasteiger partial charge in [0.25, 0.3) is 11.6 Å². The van der Waals surface area contributed by atoms with Crippen molar-refractivity contribution in [2.75, 3.05) is 7.11 Å². The molecule has 1 N–H and O–H groups in total. The zero-order chi connectivity index (χ0) is 16.1. The molecule has 6 nitrogen and oxygen atoms in total. The lowest BCUT2D eigenvalue weighted by Gasteiger charge is -2.09. The third-order valence-electron chi connectivity index (χ3n) is 3.01. The van der Waals surface area contributed by atoms with Crippen LogP contribution in [-0.2, 0) is 6.54 Å². The molecular weight excluding hydrogens is 291 g/mol. The number of methoxy groups -OCH3 is 1. The van der Waals surface area contributed by atoms with E-state index in [0.717, 1.165) is 6.07 Å². The van der Waals surface area contributed by atoms with Gasteiger partial charge in [-0.1, -0.05) is 12.1 Å². The zero-order valence-electron chi connectivity index (χ0n) is 11.7. The van der Waals surface area contributed by atoms with Crippen LogP contribution < -0.4 is 10.1 Å². The summed E-state index contributed by atoms with van der Waals surface area (Å²) in [6, 6.07) is 9.45. The van der Waals surface area contributed by atoms with Gasteiger partial charge in [-0.15, -0.1) is 0 Å². The number of carbonyl (C=O) groups excluding carboxylic acids is 1. The minimum Gasteiger partial charge on any atom is -0.496 e. The quantitative estimate of drug-likeness (QED) is 0.680. The number of nitro groups is 1. The van der Waals surface area contributed by atoms with Crippen molar-refractivity contribution in [1.29, 1.82) is 0 Å². The van der Waals surface area contributed by atoms with Crippen LogP contribution in [0.15, 0.2) is 42.5 Å². The molecule has 0 saturated carbocycles. The number of halogens is 1. The number of non-ortho nitro benzene ring substituents is 1. The van der Waals surface area contributed by atoms with E-state index in [-0.39, 0.29) is 23.5 Å². The summed E-state index contributed by atoms with van der Waals surface area (Å²) in [6.45, 7) is 0.163. The van der Waals surface area contributed by atoms with E-state index in [1.54, 1.807) is 12.1 Å². The Hall–Kier alpha value is -2.96. The molecule has 1 amide bonds. The summed E-state index contributed by atoms with van der Waals surface area (Å²) in [5.74, 6) is -0.765. The van der Waals surface area contributed by atoms with Crippen molar-refractivity contribution in [2.45, 2.75) is 6.54 Å². The molecule has 0 aliphatic rings. The minimum absolute atomic E-state index is 0.0260. The third kappa shape index (κ3) is 3.57. The molecular formula is C15H13FN2O4. The highest BCUT2D eigenvalue weighted by molar-refractivity contribution is 5.96. The van der Waals surface area contributed by atoms with E-state index in [4.69, 9.17) is 4.74 Å². The lowest BCUT2D eigenvalue weighted by atomic mass is 10.1. The minimum atomic E-state index is -0.540. The molecule has 0 fully saturated rings. The van der Waals surface area contributed by atoms with Crippen LogP contribution in [0.2, 0.25) is 0 Å². The fraction of sp³-hybridized carbons (Fsp3) is 0.133. The van der Waals surface area contributed by atoms with Gasteiger partial charge in [0.15, 0.2) is 0 Å². The maximum Gasteiger partial charge on any atom is 0.269 e. The molecule has 0 aliphatic heterocycles. The molecule has 114 valence electrons. The van der Waals surface area contributed by atoms with E-state index in [2.05, 4.69) is 5.32 Å². The van der Waals surface area contributed by atoms with E-state index in [1.807, 2.05) is 0 Å². The molecule has 0 bridgehead atoms. The van der Waals surface area contributed by atoms with Gasteiger partial charge in [-0.05, 0) is 23.8 Å². The van der Waals surface area contributed by atoms with Gasteiger partial charge in [-0.25, -0.2) is 4.39 Å². The Morgan fingerprint density at radius 3 is 2.55 bits per heavy atom. The molecule has 2 aromatic rings. The second-order valence-electron chi connectivity index (χ2n) is 4.45. The van der Waals surface area contributed by atoms with Gasteiger partial charge in [0.1, 0.15) is 11.6 Å². The van der Waals surface area contributed by atoms with Gasteiger partial charge in [-0.3, -0.25) is 14.9 Å². The highest BCUT2D eigenvalue weighted by atomic mass is 19.1. The largest absolute Gasteiger partial charge is 0.496 e. The Morgan fingerprint density at radius 1 is 1.27 bits per heavy atom. The van der Waals surface area contributed by atoms with E-state index < -0.39 is 16.6 Å². The van der Waals surface area contributed by atoms with E-state index in [1.165, 1.54) is 31.4 Å². The van der Waals surface area contributed by atoms with Crippen LogP contribution in [0, 0.1) is 15.9 Å². The highest BCUT2D eigenvalue weighted by Crippen LogP contribution is 2.19. The van der Waals surface area contributed by atoms with Crippen LogP contribution in [0.4, 0.5) is 10.1 Å². The molecule has 0 saturated heterocycles. The summed E-state index contributed by atoms with van der Waals surface area (Å²) < 4.78 is 18.2. The highest BCUT2D eigenvalue weighted by Gasteiger charge is 2.13. The Kier molecular flexibility index (Phi) is 4.67. The molecule has 7 heteroatoms. The molecule has 0 radical (unpaired) electrons. The Morgan fingerprint density at radius 2 is 1.95 bits per heavy atom. The van der Waals surface area contributed by atoms with Crippen molar-refractivity contribution in [3.05, 3.63) is 69.5 Å². The first kappa shape index (κ1) is 15.4. The number of benzene rings is 2. The van der Waals surface area contributed by atoms with Crippen LogP contribution in [-0.4, -0.2) is 17.9 Å². The maximum atomic E-state index is 13.2. The smallest absolute Gasteiger partial charge is 0.269 e. The van der Waals surface area contributed by atoms with Crippen molar-refractivity contribution >= 4 is 11.6 Å². The second-order valence-corrected chi connectivity index (χ2v) is 4.45. The van der Waals surface area contributed by atoms with E-state index in [0.29, 0.717) is 5.56 Å². The monoisotopic (exact) mass is 304 g/mol. The van der Waals surface area contributed by atoms with Gasteiger partial charge in [0, 0.05) is 18.7 Å². The van der Waals surface area contributed by atoms with Crippen molar-refractivity contribution in [1.82, 2.24) is 5.32 Å². The van der Waals surface area contributed by atoms with Gasteiger partial charge >= 0.3 is 0 Å². The summed E-state index contributed by atoms with van der Waals surface area (Å²) in [6.07, 6.45) is 0. The average Bonchev–Trinajstić information content (AvgIpc) is 2.53. The van der Waals surface area contributed by atoms with Gasteiger partial charge < -0.3 is 10.1 Å². The topological polar surface area (TPSA) is 81.5 Å². The summed E-state index contributed by atoms with van der Waals surface area (Å²) in [5.41, 5.74) is 0.751. The first-order valence-electron chi connectivity index (χ1n) is 6.36. The maximum absolute atomic E-state index is 13.2. The van der Waals surface area contributed by atoms with Crippen molar-refractivity contribution in [2.24, 2.45) is 0 Å². The number of amides is 1.